The number of nitrogens with zero attached hydrogens (tertiary/aromatic N) is 1. The summed E-state index contributed by atoms with van der Waals surface area (Å²) in [5, 5.41) is 1.20. The minimum absolute atomic E-state index is 0.882. The van der Waals surface area contributed by atoms with Crippen LogP contribution in [0.1, 0.15) is 0 Å². The van der Waals surface area contributed by atoms with Crippen LogP contribution in [0.15, 0.2) is 48.7 Å². The monoisotopic (exact) mass is 241 g/mol. The molecule has 0 radical (unpaired) electrons. The lowest BCUT2D eigenvalue weighted by Gasteiger charge is -2.00. The Morgan fingerprint density at radius 1 is 1.12 bits per heavy atom. The summed E-state index contributed by atoms with van der Waals surface area (Å²) >= 11 is 1.71. The molecular weight excluding hydrogens is 230 g/mol. The first kappa shape index (κ1) is 10.3. The molecule has 1 aromatic carbocycles. The summed E-state index contributed by atoms with van der Waals surface area (Å²) in [5.41, 5.74) is 1.20. The molecule has 0 aliphatic carbocycles. The molecule has 0 N–H and O–H groups in total. The van der Waals surface area contributed by atoms with Gasteiger partial charge in [-0.25, -0.2) is 4.98 Å². The Hall–Kier alpha value is -1.87. The fraction of sp³-hybridized carbons (Fsp3) is 0.0714. The molecule has 0 saturated heterocycles. The van der Waals surface area contributed by atoms with Gasteiger partial charge in [-0.1, -0.05) is 6.07 Å². The summed E-state index contributed by atoms with van der Waals surface area (Å²) in [6, 6.07) is 14.3. The molecule has 2 heterocycles. The zero-order chi connectivity index (χ0) is 11.7. The molecular formula is C14H11NOS. The van der Waals surface area contributed by atoms with Crippen LogP contribution < -0.4 is 4.74 Å². The summed E-state index contributed by atoms with van der Waals surface area (Å²) in [7, 11) is 1.68. The topological polar surface area (TPSA) is 22.1 Å². The van der Waals surface area contributed by atoms with Gasteiger partial charge in [-0.2, -0.15) is 0 Å². The summed E-state index contributed by atoms with van der Waals surface area (Å²) in [4.78, 5) is 6.67. The standard InChI is InChI=1S/C14H11NOS/c1-16-12-6-4-10(5-7-12)13-9-11-3-2-8-15-14(11)17-13/h2-9H,1H3. The summed E-state index contributed by atoms with van der Waals surface area (Å²) < 4.78 is 5.16. The van der Waals surface area contributed by atoms with E-state index >= 15 is 0 Å². The lowest BCUT2D eigenvalue weighted by molar-refractivity contribution is 0.415. The highest BCUT2D eigenvalue weighted by atomic mass is 32.1. The highest BCUT2D eigenvalue weighted by molar-refractivity contribution is 7.21. The van der Waals surface area contributed by atoms with E-state index in [9.17, 15) is 0 Å². The third-order valence-corrected chi connectivity index (χ3v) is 3.78. The molecule has 0 fully saturated rings. The first-order valence-corrected chi connectivity index (χ1v) is 6.17. The molecule has 2 aromatic heterocycles. The fourth-order valence-corrected chi connectivity index (χ4v) is 2.78. The number of hydrogen-bond donors (Lipinski definition) is 0. The van der Waals surface area contributed by atoms with Gasteiger partial charge < -0.3 is 4.74 Å². The Morgan fingerprint density at radius 3 is 2.65 bits per heavy atom. The summed E-state index contributed by atoms with van der Waals surface area (Å²) in [6.45, 7) is 0. The zero-order valence-electron chi connectivity index (χ0n) is 9.38. The molecule has 3 rings (SSSR count). The van der Waals surface area contributed by atoms with Gasteiger partial charge in [-0.05, 0) is 42.0 Å². The molecule has 17 heavy (non-hydrogen) atoms. The molecule has 3 heteroatoms. The van der Waals surface area contributed by atoms with Crippen molar-refractivity contribution in [3.8, 4) is 16.2 Å². The molecule has 0 saturated carbocycles. The second-order valence-corrected chi connectivity index (χ2v) is 4.77. The molecule has 0 amide bonds. The van der Waals surface area contributed by atoms with E-state index in [4.69, 9.17) is 4.74 Å². The van der Waals surface area contributed by atoms with E-state index in [1.54, 1.807) is 18.4 Å². The number of hydrogen-bond acceptors (Lipinski definition) is 3. The van der Waals surface area contributed by atoms with Gasteiger partial charge in [-0.15, -0.1) is 11.3 Å². The highest BCUT2D eigenvalue weighted by Gasteiger charge is 2.04. The van der Waals surface area contributed by atoms with E-state index in [1.807, 2.05) is 24.4 Å². The normalized spacial score (nSPS) is 10.6. The van der Waals surface area contributed by atoms with Crippen LogP contribution in [0.3, 0.4) is 0 Å². The molecule has 84 valence electrons. The van der Waals surface area contributed by atoms with Gasteiger partial charge in [0.2, 0.25) is 0 Å². The number of ether oxygens (including phenoxy) is 1. The van der Waals surface area contributed by atoms with Crippen LogP contribution in [0.4, 0.5) is 0 Å². The third-order valence-electron chi connectivity index (χ3n) is 2.67. The molecule has 0 spiro atoms. The van der Waals surface area contributed by atoms with E-state index in [2.05, 4.69) is 29.2 Å². The van der Waals surface area contributed by atoms with Gasteiger partial charge in [0, 0.05) is 16.5 Å². The largest absolute Gasteiger partial charge is 0.497 e. The first-order valence-electron chi connectivity index (χ1n) is 5.36. The number of aromatic nitrogens is 1. The predicted octanol–water partition coefficient (Wildman–Crippen LogP) is 3.97. The highest BCUT2D eigenvalue weighted by Crippen LogP contribution is 2.32. The minimum atomic E-state index is 0.882. The lowest BCUT2D eigenvalue weighted by Crippen LogP contribution is -1.81. The van der Waals surface area contributed by atoms with E-state index in [0.29, 0.717) is 0 Å². The van der Waals surface area contributed by atoms with Crippen LogP contribution in [0.5, 0.6) is 5.75 Å². The van der Waals surface area contributed by atoms with E-state index in [0.717, 1.165) is 10.6 Å². The van der Waals surface area contributed by atoms with Crippen LogP contribution in [0.25, 0.3) is 20.7 Å². The van der Waals surface area contributed by atoms with Crippen LogP contribution >= 0.6 is 11.3 Å². The Kier molecular flexibility index (Phi) is 2.53. The zero-order valence-corrected chi connectivity index (χ0v) is 10.2. The van der Waals surface area contributed by atoms with Gasteiger partial charge in [0.1, 0.15) is 10.6 Å². The minimum Gasteiger partial charge on any atom is -0.497 e. The molecule has 0 atom stereocenters. The number of benzene rings is 1. The van der Waals surface area contributed by atoms with E-state index in [-0.39, 0.29) is 0 Å². The van der Waals surface area contributed by atoms with Gasteiger partial charge in [0.05, 0.1) is 7.11 Å². The molecule has 0 bridgehead atoms. The van der Waals surface area contributed by atoms with E-state index < -0.39 is 0 Å². The number of fused-ring (bicyclic) bond motifs is 1. The summed E-state index contributed by atoms with van der Waals surface area (Å²) in [5.74, 6) is 0.882. The predicted molar refractivity (Wildman–Crippen MR) is 71.6 cm³/mol. The van der Waals surface area contributed by atoms with Crippen molar-refractivity contribution in [1.29, 1.82) is 0 Å². The molecule has 0 aliphatic heterocycles. The Labute approximate surface area is 104 Å². The number of methoxy groups -OCH3 is 1. The average Bonchev–Trinajstić information content (AvgIpc) is 2.82. The van der Waals surface area contributed by atoms with Crippen molar-refractivity contribution < 1.29 is 4.74 Å². The Bertz CT molecular complexity index is 610. The second-order valence-electron chi connectivity index (χ2n) is 3.74. The third kappa shape index (κ3) is 1.89. The van der Waals surface area contributed by atoms with Crippen molar-refractivity contribution in [3.63, 3.8) is 0 Å². The van der Waals surface area contributed by atoms with Crippen LogP contribution in [0.2, 0.25) is 0 Å². The quantitative estimate of drug-likeness (QED) is 0.677. The Morgan fingerprint density at radius 2 is 1.94 bits per heavy atom. The van der Waals surface area contributed by atoms with Gasteiger partial charge in [0.25, 0.3) is 0 Å². The van der Waals surface area contributed by atoms with Gasteiger partial charge in [-0.3, -0.25) is 0 Å². The smallest absolute Gasteiger partial charge is 0.123 e. The van der Waals surface area contributed by atoms with Crippen molar-refractivity contribution >= 4 is 21.6 Å². The Balaban J connectivity index is 2.07. The SMILES string of the molecule is COc1ccc(-c2cc3cccnc3s2)cc1. The van der Waals surface area contributed by atoms with Crippen LogP contribution in [-0.2, 0) is 0 Å². The maximum atomic E-state index is 5.16. The van der Waals surface area contributed by atoms with Crippen molar-refractivity contribution in [1.82, 2.24) is 4.98 Å². The second kappa shape index (κ2) is 4.18. The molecule has 0 aliphatic rings. The number of thiophene rings is 1. The van der Waals surface area contributed by atoms with Gasteiger partial charge in [0.15, 0.2) is 0 Å². The van der Waals surface area contributed by atoms with E-state index in [1.165, 1.54) is 15.8 Å². The summed E-state index contributed by atoms with van der Waals surface area (Å²) in [6.07, 6.45) is 1.83. The van der Waals surface area contributed by atoms with Crippen molar-refractivity contribution in [3.05, 3.63) is 48.7 Å². The average molecular weight is 241 g/mol. The number of rotatable bonds is 2. The number of pyridine rings is 1. The first-order chi connectivity index (χ1) is 8.36. The lowest BCUT2D eigenvalue weighted by atomic mass is 10.2. The molecule has 2 nitrogen and oxygen atoms in total. The van der Waals surface area contributed by atoms with Crippen molar-refractivity contribution in [2.45, 2.75) is 0 Å². The maximum Gasteiger partial charge on any atom is 0.123 e. The fourth-order valence-electron chi connectivity index (χ4n) is 1.77. The van der Waals surface area contributed by atoms with Crippen LogP contribution in [0, 0.1) is 0 Å². The van der Waals surface area contributed by atoms with Crippen molar-refractivity contribution in [2.75, 3.05) is 7.11 Å². The van der Waals surface area contributed by atoms with Gasteiger partial charge >= 0.3 is 0 Å². The molecule has 0 unspecified atom stereocenters. The maximum absolute atomic E-state index is 5.16. The van der Waals surface area contributed by atoms with Crippen molar-refractivity contribution in [2.24, 2.45) is 0 Å². The van der Waals surface area contributed by atoms with Crippen LogP contribution in [-0.4, -0.2) is 12.1 Å². The molecule has 3 aromatic rings.